The monoisotopic (exact) mass is 430 g/mol. The number of nitrogens with zero attached hydrogens (tertiary/aromatic N) is 2. The third kappa shape index (κ3) is 5.98. The molecule has 4 rings (SSSR count). The first kappa shape index (κ1) is 21.2. The molecule has 0 amide bonds. The highest BCUT2D eigenvalue weighted by atomic mass is 32.1. The first-order valence-electron chi connectivity index (χ1n) is 10.4. The minimum absolute atomic E-state index is 0.514. The van der Waals surface area contributed by atoms with Crippen LogP contribution in [-0.4, -0.2) is 21.6 Å². The maximum Gasteiger partial charge on any atom is 0.227 e. The topological polar surface area (TPSA) is 70.1 Å². The average molecular weight is 431 g/mol. The summed E-state index contributed by atoms with van der Waals surface area (Å²) in [5.74, 6) is 0.538. The van der Waals surface area contributed by atoms with Gasteiger partial charge in [-0.2, -0.15) is 0 Å². The molecule has 5 nitrogen and oxygen atoms in total. The Morgan fingerprint density at radius 2 is 1.87 bits per heavy atom. The number of nitrogens with one attached hydrogen (secondary N) is 2. The Kier molecular flexibility index (Phi) is 7.04. The van der Waals surface area contributed by atoms with Crippen LogP contribution in [0.15, 0.2) is 79.0 Å². The summed E-state index contributed by atoms with van der Waals surface area (Å²) in [6, 6.07) is 24.4. The minimum Gasteiger partial charge on any atom is -0.389 e. The summed E-state index contributed by atoms with van der Waals surface area (Å²) in [5.41, 5.74) is 3.94. The number of aliphatic hydroxyl groups is 1. The lowest BCUT2D eigenvalue weighted by Crippen LogP contribution is -2.15. The van der Waals surface area contributed by atoms with Crippen molar-refractivity contribution in [2.75, 3.05) is 11.9 Å². The van der Waals surface area contributed by atoms with E-state index in [-0.39, 0.29) is 0 Å². The zero-order valence-electron chi connectivity index (χ0n) is 17.5. The fourth-order valence-electron chi connectivity index (χ4n) is 3.26. The Morgan fingerprint density at radius 1 is 1.00 bits per heavy atom. The molecule has 3 N–H and O–H groups in total. The zero-order chi connectivity index (χ0) is 21.5. The SMILES string of the molecule is CC(O)c1cccc(Nc2nccc(-c3ccc(CNCCc4ccccc4)s3)n2)c1. The molecule has 0 bridgehead atoms. The van der Waals surface area contributed by atoms with E-state index in [0.717, 1.165) is 41.3 Å². The van der Waals surface area contributed by atoms with Crippen molar-refractivity contribution in [3.8, 4) is 10.6 Å². The molecule has 0 aliphatic carbocycles. The summed E-state index contributed by atoms with van der Waals surface area (Å²) in [7, 11) is 0. The highest BCUT2D eigenvalue weighted by molar-refractivity contribution is 7.15. The Labute approximate surface area is 186 Å². The zero-order valence-corrected chi connectivity index (χ0v) is 18.3. The normalized spacial score (nSPS) is 11.9. The molecule has 0 aliphatic rings. The molecule has 0 radical (unpaired) electrons. The van der Waals surface area contributed by atoms with Crippen LogP contribution in [0, 0.1) is 0 Å². The van der Waals surface area contributed by atoms with Gasteiger partial charge in [0, 0.05) is 23.3 Å². The van der Waals surface area contributed by atoms with Crippen molar-refractivity contribution in [3.63, 3.8) is 0 Å². The molecule has 0 spiro atoms. The van der Waals surface area contributed by atoms with Gasteiger partial charge >= 0.3 is 0 Å². The van der Waals surface area contributed by atoms with Crippen molar-refractivity contribution < 1.29 is 5.11 Å². The number of hydrogen-bond acceptors (Lipinski definition) is 6. The van der Waals surface area contributed by atoms with Crippen molar-refractivity contribution in [2.45, 2.75) is 26.0 Å². The highest BCUT2D eigenvalue weighted by Gasteiger charge is 2.08. The summed E-state index contributed by atoms with van der Waals surface area (Å²) in [4.78, 5) is 11.4. The van der Waals surface area contributed by atoms with Crippen LogP contribution in [-0.2, 0) is 13.0 Å². The van der Waals surface area contributed by atoms with Gasteiger partial charge in [-0.3, -0.25) is 0 Å². The van der Waals surface area contributed by atoms with E-state index >= 15 is 0 Å². The number of anilines is 2. The first-order chi connectivity index (χ1) is 15.2. The Hall–Kier alpha value is -3.06. The Morgan fingerprint density at radius 3 is 2.71 bits per heavy atom. The van der Waals surface area contributed by atoms with Gasteiger partial charge in [-0.25, -0.2) is 9.97 Å². The van der Waals surface area contributed by atoms with Crippen molar-refractivity contribution in [1.29, 1.82) is 0 Å². The van der Waals surface area contributed by atoms with Crippen molar-refractivity contribution in [3.05, 3.63) is 95.0 Å². The molecule has 6 heteroatoms. The van der Waals surface area contributed by atoms with Crippen LogP contribution in [0.5, 0.6) is 0 Å². The summed E-state index contributed by atoms with van der Waals surface area (Å²) in [5, 5.41) is 16.5. The minimum atomic E-state index is -0.514. The van der Waals surface area contributed by atoms with E-state index < -0.39 is 6.10 Å². The van der Waals surface area contributed by atoms with Gasteiger partial charge in [-0.15, -0.1) is 11.3 Å². The third-order valence-corrected chi connectivity index (χ3v) is 6.04. The van der Waals surface area contributed by atoms with Crippen LogP contribution in [0.1, 0.15) is 29.0 Å². The average Bonchev–Trinajstić information content (AvgIpc) is 3.27. The van der Waals surface area contributed by atoms with E-state index in [2.05, 4.69) is 57.0 Å². The molecule has 0 fully saturated rings. The quantitative estimate of drug-likeness (QED) is 0.313. The van der Waals surface area contributed by atoms with Crippen LogP contribution in [0.3, 0.4) is 0 Å². The predicted molar refractivity (Wildman–Crippen MR) is 128 cm³/mol. The molecule has 31 heavy (non-hydrogen) atoms. The van der Waals surface area contributed by atoms with Crippen LogP contribution >= 0.6 is 11.3 Å². The number of aliphatic hydroxyl groups excluding tert-OH is 1. The standard InChI is InChI=1S/C25H26N4OS/c1-18(30)20-8-5-9-21(16-20)28-25-27-15-13-23(29-25)24-11-10-22(31-24)17-26-14-12-19-6-3-2-4-7-19/h2-11,13,15-16,18,26,30H,12,14,17H2,1H3,(H,27,28,29). The molecule has 2 aromatic heterocycles. The molecule has 2 heterocycles. The van der Waals surface area contributed by atoms with Gasteiger partial charge in [0.25, 0.3) is 0 Å². The number of rotatable bonds is 9. The van der Waals surface area contributed by atoms with Crippen molar-refractivity contribution in [2.24, 2.45) is 0 Å². The van der Waals surface area contributed by atoms with Gasteiger partial charge in [0.1, 0.15) is 0 Å². The summed E-state index contributed by atoms with van der Waals surface area (Å²) in [6.07, 6.45) is 2.27. The molecule has 1 unspecified atom stereocenters. The van der Waals surface area contributed by atoms with Crippen LogP contribution in [0.2, 0.25) is 0 Å². The molecule has 2 aromatic carbocycles. The van der Waals surface area contributed by atoms with Gasteiger partial charge < -0.3 is 15.7 Å². The molecule has 158 valence electrons. The molecular weight excluding hydrogens is 404 g/mol. The third-order valence-electron chi connectivity index (χ3n) is 4.93. The number of benzene rings is 2. The fourth-order valence-corrected chi connectivity index (χ4v) is 4.21. The van der Waals surface area contributed by atoms with Crippen molar-refractivity contribution >= 4 is 23.0 Å². The molecule has 1 atom stereocenters. The smallest absolute Gasteiger partial charge is 0.227 e. The Balaban J connectivity index is 1.36. The van der Waals surface area contributed by atoms with Gasteiger partial charge in [0.15, 0.2) is 0 Å². The maximum absolute atomic E-state index is 9.78. The van der Waals surface area contributed by atoms with E-state index in [4.69, 9.17) is 0 Å². The van der Waals surface area contributed by atoms with E-state index in [1.807, 2.05) is 36.4 Å². The molecule has 0 saturated carbocycles. The van der Waals surface area contributed by atoms with Crippen LogP contribution < -0.4 is 10.6 Å². The second-order valence-electron chi connectivity index (χ2n) is 7.37. The number of aromatic nitrogens is 2. The molecule has 0 aliphatic heterocycles. The highest BCUT2D eigenvalue weighted by Crippen LogP contribution is 2.27. The van der Waals surface area contributed by atoms with Gasteiger partial charge in [0.2, 0.25) is 5.95 Å². The van der Waals surface area contributed by atoms with E-state index in [0.29, 0.717) is 5.95 Å². The van der Waals surface area contributed by atoms with E-state index in [9.17, 15) is 5.11 Å². The molecule has 4 aromatic rings. The van der Waals surface area contributed by atoms with Crippen molar-refractivity contribution in [1.82, 2.24) is 15.3 Å². The van der Waals surface area contributed by atoms with E-state index in [1.165, 1.54) is 10.4 Å². The molecule has 0 saturated heterocycles. The fraction of sp³-hybridized carbons (Fsp3) is 0.200. The summed E-state index contributed by atoms with van der Waals surface area (Å²) >= 11 is 1.74. The number of hydrogen-bond donors (Lipinski definition) is 3. The summed E-state index contributed by atoms with van der Waals surface area (Å²) in [6.45, 7) is 3.55. The first-order valence-corrected chi connectivity index (χ1v) is 11.2. The summed E-state index contributed by atoms with van der Waals surface area (Å²) < 4.78 is 0. The van der Waals surface area contributed by atoms with Gasteiger partial charge in [-0.1, -0.05) is 42.5 Å². The van der Waals surface area contributed by atoms with Crippen LogP contribution in [0.4, 0.5) is 11.6 Å². The second kappa shape index (κ2) is 10.3. The lowest BCUT2D eigenvalue weighted by Gasteiger charge is -2.09. The van der Waals surface area contributed by atoms with Gasteiger partial charge in [0.05, 0.1) is 16.7 Å². The lowest BCUT2D eigenvalue weighted by atomic mass is 10.1. The second-order valence-corrected chi connectivity index (χ2v) is 8.54. The number of thiophene rings is 1. The predicted octanol–water partition coefficient (Wildman–Crippen LogP) is 5.33. The largest absolute Gasteiger partial charge is 0.389 e. The lowest BCUT2D eigenvalue weighted by molar-refractivity contribution is 0.199. The maximum atomic E-state index is 9.78. The van der Waals surface area contributed by atoms with Gasteiger partial charge in [-0.05, 0) is 61.3 Å². The molecular formula is C25H26N4OS. The van der Waals surface area contributed by atoms with E-state index in [1.54, 1.807) is 24.5 Å². The van der Waals surface area contributed by atoms with Crippen LogP contribution in [0.25, 0.3) is 10.6 Å². The Bertz CT molecular complexity index is 1110.